The van der Waals surface area contributed by atoms with E-state index in [0.717, 1.165) is 29.7 Å². The Labute approximate surface area is 171 Å². The van der Waals surface area contributed by atoms with Gasteiger partial charge in [-0.05, 0) is 82.1 Å². The maximum Gasteiger partial charge on any atom is 0.238 e. The van der Waals surface area contributed by atoms with E-state index in [1.165, 1.54) is 17.7 Å². The highest BCUT2D eigenvalue weighted by molar-refractivity contribution is 5.94. The normalized spacial score (nSPS) is 15.2. The summed E-state index contributed by atoms with van der Waals surface area (Å²) < 4.78 is 12.9. The second-order valence-corrected chi connectivity index (χ2v) is 7.87. The summed E-state index contributed by atoms with van der Waals surface area (Å²) in [5.74, 6) is -0.466. The number of piperidine rings is 1. The second-order valence-electron chi connectivity index (χ2n) is 7.87. The van der Waals surface area contributed by atoms with Crippen LogP contribution in [0.4, 0.5) is 15.8 Å². The molecule has 5 nitrogen and oxygen atoms in total. The van der Waals surface area contributed by atoms with E-state index < -0.39 is 0 Å². The molecule has 0 aromatic heterocycles. The molecule has 2 amide bonds. The molecule has 2 aromatic carbocycles. The number of anilines is 2. The van der Waals surface area contributed by atoms with Gasteiger partial charge in [0.25, 0.3) is 0 Å². The molecule has 2 N–H and O–H groups in total. The largest absolute Gasteiger partial charge is 0.325 e. The SMILES string of the molecule is Cc1cc(C)c(NC(=O)C2CCN(CC(=O)Nc3ccc(F)cc3)CC2)c(C)c1. The molecule has 0 radical (unpaired) electrons. The minimum Gasteiger partial charge on any atom is -0.325 e. The quantitative estimate of drug-likeness (QED) is 0.800. The number of hydrogen-bond donors (Lipinski definition) is 2. The summed E-state index contributed by atoms with van der Waals surface area (Å²) in [6.45, 7) is 7.73. The van der Waals surface area contributed by atoms with Gasteiger partial charge in [-0.15, -0.1) is 0 Å². The van der Waals surface area contributed by atoms with Gasteiger partial charge in [-0.3, -0.25) is 14.5 Å². The summed E-state index contributed by atoms with van der Waals surface area (Å²) in [5, 5.41) is 5.87. The molecule has 0 aliphatic carbocycles. The first-order valence-electron chi connectivity index (χ1n) is 9.98. The predicted octanol–water partition coefficient (Wildman–Crippen LogP) is 4.04. The van der Waals surface area contributed by atoms with Gasteiger partial charge in [0.05, 0.1) is 6.54 Å². The molecule has 1 aliphatic rings. The lowest BCUT2D eigenvalue weighted by Gasteiger charge is -2.31. The number of amides is 2. The molecule has 1 aliphatic heterocycles. The molecule has 1 saturated heterocycles. The molecule has 154 valence electrons. The van der Waals surface area contributed by atoms with Crippen LogP contribution in [-0.4, -0.2) is 36.3 Å². The molecule has 6 heteroatoms. The van der Waals surface area contributed by atoms with Gasteiger partial charge in [-0.2, -0.15) is 0 Å². The van der Waals surface area contributed by atoms with E-state index in [1.54, 1.807) is 12.1 Å². The molecular formula is C23H28FN3O2. The smallest absolute Gasteiger partial charge is 0.238 e. The zero-order valence-electron chi connectivity index (χ0n) is 17.2. The number of hydrogen-bond acceptors (Lipinski definition) is 3. The summed E-state index contributed by atoms with van der Waals surface area (Å²) >= 11 is 0. The van der Waals surface area contributed by atoms with Crippen molar-refractivity contribution in [2.45, 2.75) is 33.6 Å². The van der Waals surface area contributed by atoms with Crippen LogP contribution in [0.3, 0.4) is 0 Å². The number of aryl methyl sites for hydroxylation is 3. The van der Waals surface area contributed by atoms with Gasteiger partial charge in [-0.25, -0.2) is 4.39 Å². The van der Waals surface area contributed by atoms with Crippen molar-refractivity contribution < 1.29 is 14.0 Å². The van der Waals surface area contributed by atoms with Crippen LogP contribution in [0, 0.1) is 32.5 Å². The van der Waals surface area contributed by atoms with Crippen LogP contribution in [0.2, 0.25) is 0 Å². The van der Waals surface area contributed by atoms with Crippen LogP contribution in [-0.2, 0) is 9.59 Å². The average molecular weight is 397 g/mol. The van der Waals surface area contributed by atoms with E-state index in [0.29, 0.717) is 18.8 Å². The monoisotopic (exact) mass is 397 g/mol. The van der Waals surface area contributed by atoms with Crippen molar-refractivity contribution >= 4 is 23.2 Å². The summed E-state index contributed by atoms with van der Waals surface area (Å²) in [5.41, 5.74) is 4.82. The summed E-state index contributed by atoms with van der Waals surface area (Å²) in [6.07, 6.45) is 1.44. The average Bonchev–Trinajstić information content (AvgIpc) is 2.67. The number of rotatable bonds is 5. The van der Waals surface area contributed by atoms with E-state index in [4.69, 9.17) is 0 Å². The van der Waals surface area contributed by atoms with Crippen molar-refractivity contribution in [3.05, 3.63) is 58.9 Å². The molecule has 0 atom stereocenters. The molecule has 2 aromatic rings. The molecule has 1 fully saturated rings. The Morgan fingerprint density at radius 2 is 1.59 bits per heavy atom. The van der Waals surface area contributed by atoms with Crippen LogP contribution >= 0.6 is 0 Å². The molecular weight excluding hydrogens is 369 g/mol. The van der Waals surface area contributed by atoms with E-state index in [9.17, 15) is 14.0 Å². The zero-order valence-corrected chi connectivity index (χ0v) is 17.2. The first kappa shape index (κ1) is 21.0. The third kappa shape index (κ3) is 5.64. The van der Waals surface area contributed by atoms with Gasteiger partial charge in [0.15, 0.2) is 0 Å². The number of carbonyl (C=O) groups is 2. The maximum absolute atomic E-state index is 12.9. The lowest BCUT2D eigenvalue weighted by Crippen LogP contribution is -2.41. The highest BCUT2D eigenvalue weighted by Crippen LogP contribution is 2.25. The number of likely N-dealkylation sites (tertiary alicyclic amines) is 1. The molecule has 0 unspecified atom stereocenters. The number of nitrogens with one attached hydrogen (secondary N) is 2. The highest BCUT2D eigenvalue weighted by Gasteiger charge is 2.26. The van der Waals surface area contributed by atoms with Gasteiger partial charge >= 0.3 is 0 Å². The molecule has 29 heavy (non-hydrogen) atoms. The van der Waals surface area contributed by atoms with Crippen molar-refractivity contribution in [1.82, 2.24) is 4.90 Å². The molecule has 3 rings (SSSR count). The lowest BCUT2D eigenvalue weighted by molar-refractivity contribution is -0.121. The summed E-state index contributed by atoms with van der Waals surface area (Å²) in [7, 11) is 0. The van der Waals surface area contributed by atoms with Gasteiger partial charge in [0.1, 0.15) is 5.82 Å². The Morgan fingerprint density at radius 1 is 1.00 bits per heavy atom. The maximum atomic E-state index is 12.9. The van der Waals surface area contributed by atoms with Gasteiger partial charge < -0.3 is 10.6 Å². The van der Waals surface area contributed by atoms with Crippen LogP contribution in [0.25, 0.3) is 0 Å². The van der Waals surface area contributed by atoms with Gasteiger partial charge in [0, 0.05) is 17.3 Å². The Morgan fingerprint density at radius 3 is 2.17 bits per heavy atom. The van der Waals surface area contributed by atoms with E-state index in [2.05, 4.69) is 22.8 Å². The highest BCUT2D eigenvalue weighted by atomic mass is 19.1. The van der Waals surface area contributed by atoms with Crippen LogP contribution in [0.15, 0.2) is 36.4 Å². The predicted molar refractivity (Wildman–Crippen MR) is 113 cm³/mol. The molecule has 0 saturated carbocycles. The number of benzene rings is 2. The Bertz CT molecular complexity index is 864. The van der Waals surface area contributed by atoms with Crippen LogP contribution in [0.5, 0.6) is 0 Å². The molecule has 0 spiro atoms. The Hall–Kier alpha value is -2.73. The minimum absolute atomic E-state index is 0.0495. The fourth-order valence-corrected chi connectivity index (χ4v) is 3.89. The van der Waals surface area contributed by atoms with Gasteiger partial charge in [0.2, 0.25) is 11.8 Å². The third-order valence-corrected chi connectivity index (χ3v) is 5.38. The number of halogens is 1. The summed E-state index contributed by atoms with van der Waals surface area (Å²) in [6, 6.07) is 9.86. The van der Waals surface area contributed by atoms with E-state index in [1.807, 2.05) is 25.7 Å². The van der Waals surface area contributed by atoms with Crippen LogP contribution in [0.1, 0.15) is 29.5 Å². The first-order chi connectivity index (χ1) is 13.8. The van der Waals surface area contributed by atoms with Crippen molar-refractivity contribution in [2.24, 2.45) is 5.92 Å². The minimum atomic E-state index is -0.334. The molecule has 1 heterocycles. The topological polar surface area (TPSA) is 61.4 Å². The van der Waals surface area contributed by atoms with E-state index in [-0.39, 0.29) is 30.1 Å². The first-order valence-corrected chi connectivity index (χ1v) is 9.98. The molecule has 0 bridgehead atoms. The van der Waals surface area contributed by atoms with Crippen molar-refractivity contribution in [3.63, 3.8) is 0 Å². The van der Waals surface area contributed by atoms with Crippen molar-refractivity contribution in [2.75, 3.05) is 30.3 Å². The zero-order chi connectivity index (χ0) is 21.0. The van der Waals surface area contributed by atoms with E-state index >= 15 is 0 Å². The van der Waals surface area contributed by atoms with Crippen LogP contribution < -0.4 is 10.6 Å². The fraction of sp³-hybridized carbons (Fsp3) is 0.391. The van der Waals surface area contributed by atoms with Gasteiger partial charge in [-0.1, -0.05) is 17.7 Å². The summed E-state index contributed by atoms with van der Waals surface area (Å²) in [4.78, 5) is 27.0. The Kier molecular flexibility index (Phi) is 6.64. The number of carbonyl (C=O) groups excluding carboxylic acids is 2. The Balaban J connectivity index is 1.48. The van der Waals surface area contributed by atoms with Crippen molar-refractivity contribution in [1.29, 1.82) is 0 Å². The second kappa shape index (κ2) is 9.18. The van der Waals surface area contributed by atoms with Crippen molar-refractivity contribution in [3.8, 4) is 0 Å². The fourth-order valence-electron chi connectivity index (χ4n) is 3.89. The lowest BCUT2D eigenvalue weighted by atomic mass is 9.95. The number of nitrogens with zero attached hydrogens (tertiary/aromatic N) is 1. The standard InChI is InChI=1S/C23H28FN3O2/c1-15-12-16(2)22(17(3)13-15)26-23(29)18-8-10-27(11-9-18)14-21(28)25-20-6-4-19(24)5-7-20/h4-7,12-13,18H,8-11,14H2,1-3H3,(H,25,28)(H,26,29). The third-order valence-electron chi connectivity index (χ3n) is 5.38.